The van der Waals surface area contributed by atoms with Crippen LogP contribution in [0.3, 0.4) is 0 Å². The summed E-state index contributed by atoms with van der Waals surface area (Å²) in [6, 6.07) is 4.00. The van der Waals surface area contributed by atoms with Crippen molar-refractivity contribution >= 4 is 11.8 Å². The van der Waals surface area contributed by atoms with Gasteiger partial charge in [0.05, 0.1) is 23.0 Å². The van der Waals surface area contributed by atoms with Gasteiger partial charge in [-0.1, -0.05) is 0 Å². The van der Waals surface area contributed by atoms with Crippen molar-refractivity contribution in [1.82, 2.24) is 14.8 Å². The molecule has 2 aromatic heterocycles. The molecule has 0 aromatic carbocycles. The largest absolute Gasteiger partial charge is 0.477 e. The average Bonchev–Trinajstić information content (AvgIpc) is 2.78. The molecule has 0 saturated heterocycles. The standard InChI is InChI=1S/C9H6N4O4/c14-9(15)7-5-6(1-3-10-7)12-4-2-8(11-12)13(16)17/h1-5H,(H,14,15). The van der Waals surface area contributed by atoms with Crippen LogP contribution in [0.15, 0.2) is 30.6 Å². The van der Waals surface area contributed by atoms with Crippen molar-refractivity contribution in [3.8, 4) is 5.69 Å². The Morgan fingerprint density at radius 3 is 2.82 bits per heavy atom. The Labute approximate surface area is 94.3 Å². The number of aromatic carboxylic acids is 1. The minimum atomic E-state index is -1.17. The van der Waals surface area contributed by atoms with Crippen molar-refractivity contribution in [3.05, 3.63) is 46.4 Å². The molecule has 8 heteroatoms. The molecule has 0 aliphatic heterocycles. The van der Waals surface area contributed by atoms with E-state index in [9.17, 15) is 14.9 Å². The summed E-state index contributed by atoms with van der Waals surface area (Å²) in [4.78, 5) is 24.1. The fourth-order valence-electron chi connectivity index (χ4n) is 1.23. The lowest BCUT2D eigenvalue weighted by Crippen LogP contribution is -2.03. The van der Waals surface area contributed by atoms with E-state index >= 15 is 0 Å². The summed E-state index contributed by atoms with van der Waals surface area (Å²) in [6.45, 7) is 0. The Kier molecular flexibility index (Phi) is 2.53. The van der Waals surface area contributed by atoms with E-state index in [0.717, 1.165) is 0 Å². The lowest BCUT2D eigenvalue weighted by atomic mass is 10.3. The summed E-state index contributed by atoms with van der Waals surface area (Å²) >= 11 is 0. The number of carbonyl (C=O) groups is 1. The summed E-state index contributed by atoms with van der Waals surface area (Å²) < 4.78 is 1.21. The summed E-state index contributed by atoms with van der Waals surface area (Å²) in [6.07, 6.45) is 2.67. The molecule has 86 valence electrons. The zero-order chi connectivity index (χ0) is 12.4. The van der Waals surface area contributed by atoms with Crippen molar-refractivity contribution in [2.45, 2.75) is 0 Å². The zero-order valence-electron chi connectivity index (χ0n) is 8.35. The van der Waals surface area contributed by atoms with Gasteiger partial charge in [-0.05, 0) is 17.1 Å². The van der Waals surface area contributed by atoms with Gasteiger partial charge in [0, 0.05) is 6.20 Å². The van der Waals surface area contributed by atoms with Gasteiger partial charge in [0.2, 0.25) is 0 Å². The molecule has 2 heterocycles. The Bertz CT molecular complexity index is 592. The molecule has 0 bridgehead atoms. The first-order valence-electron chi connectivity index (χ1n) is 4.48. The van der Waals surface area contributed by atoms with Crippen molar-refractivity contribution in [1.29, 1.82) is 0 Å². The maximum Gasteiger partial charge on any atom is 0.390 e. The Morgan fingerprint density at radius 1 is 1.47 bits per heavy atom. The van der Waals surface area contributed by atoms with Gasteiger partial charge in [-0.2, -0.15) is 0 Å². The molecule has 0 radical (unpaired) electrons. The molecule has 0 spiro atoms. The molecule has 0 saturated carbocycles. The number of nitrogens with zero attached hydrogens (tertiary/aromatic N) is 4. The van der Waals surface area contributed by atoms with Gasteiger partial charge < -0.3 is 15.2 Å². The molecule has 0 unspecified atom stereocenters. The molecule has 17 heavy (non-hydrogen) atoms. The SMILES string of the molecule is O=C(O)c1cc(-n2ccc([N+](=O)[O-])n2)ccn1. The predicted molar refractivity (Wildman–Crippen MR) is 55.0 cm³/mol. The zero-order valence-corrected chi connectivity index (χ0v) is 8.35. The van der Waals surface area contributed by atoms with Crippen LogP contribution < -0.4 is 0 Å². The fraction of sp³-hybridized carbons (Fsp3) is 0. The monoisotopic (exact) mass is 234 g/mol. The van der Waals surface area contributed by atoms with Crippen LogP contribution in [0, 0.1) is 10.1 Å². The van der Waals surface area contributed by atoms with Gasteiger partial charge in [-0.15, -0.1) is 4.68 Å². The molecule has 0 atom stereocenters. The highest BCUT2D eigenvalue weighted by Crippen LogP contribution is 2.12. The Hall–Kier alpha value is -2.77. The number of hydrogen-bond acceptors (Lipinski definition) is 5. The van der Waals surface area contributed by atoms with Crippen molar-refractivity contribution in [2.24, 2.45) is 0 Å². The average molecular weight is 234 g/mol. The van der Waals surface area contributed by atoms with Crippen LogP contribution in [0.4, 0.5) is 5.82 Å². The van der Waals surface area contributed by atoms with Crippen LogP contribution >= 0.6 is 0 Å². The third-order valence-corrected chi connectivity index (χ3v) is 1.99. The summed E-state index contributed by atoms with van der Waals surface area (Å²) in [5.41, 5.74) is 0.242. The Morgan fingerprint density at radius 2 is 2.24 bits per heavy atom. The van der Waals surface area contributed by atoms with Gasteiger partial charge in [-0.3, -0.25) is 0 Å². The van der Waals surface area contributed by atoms with Gasteiger partial charge in [0.15, 0.2) is 0 Å². The molecular weight excluding hydrogens is 228 g/mol. The van der Waals surface area contributed by atoms with E-state index in [1.54, 1.807) is 0 Å². The second-order valence-corrected chi connectivity index (χ2v) is 3.08. The van der Waals surface area contributed by atoms with Crippen LogP contribution in [0.2, 0.25) is 0 Å². The third-order valence-electron chi connectivity index (χ3n) is 1.99. The predicted octanol–water partition coefficient (Wildman–Crippen LogP) is 0.874. The molecule has 8 nitrogen and oxygen atoms in total. The van der Waals surface area contributed by atoms with Crippen LogP contribution in [0.5, 0.6) is 0 Å². The smallest absolute Gasteiger partial charge is 0.390 e. The molecule has 0 fully saturated rings. The van der Waals surface area contributed by atoms with Gasteiger partial charge >= 0.3 is 11.8 Å². The summed E-state index contributed by atoms with van der Waals surface area (Å²) in [7, 11) is 0. The minimum Gasteiger partial charge on any atom is -0.477 e. The van der Waals surface area contributed by atoms with Crippen LogP contribution in [0.25, 0.3) is 5.69 Å². The second-order valence-electron chi connectivity index (χ2n) is 3.08. The topological polar surface area (TPSA) is 111 Å². The van der Waals surface area contributed by atoms with Gasteiger partial charge in [0.1, 0.15) is 5.69 Å². The normalized spacial score (nSPS) is 10.1. The maximum absolute atomic E-state index is 10.7. The lowest BCUT2D eigenvalue weighted by Gasteiger charge is -1.97. The highest BCUT2D eigenvalue weighted by atomic mass is 16.6. The Balaban J connectivity index is 2.42. The number of hydrogen-bond donors (Lipinski definition) is 1. The van der Waals surface area contributed by atoms with Gasteiger partial charge in [0.25, 0.3) is 0 Å². The number of pyridine rings is 1. The maximum atomic E-state index is 10.7. The molecular formula is C9H6N4O4. The van der Waals surface area contributed by atoms with E-state index < -0.39 is 10.9 Å². The van der Waals surface area contributed by atoms with E-state index in [2.05, 4.69) is 10.1 Å². The third kappa shape index (κ3) is 2.09. The van der Waals surface area contributed by atoms with Crippen LogP contribution in [-0.2, 0) is 0 Å². The van der Waals surface area contributed by atoms with E-state index in [-0.39, 0.29) is 11.5 Å². The molecule has 0 aliphatic rings. The fourth-order valence-corrected chi connectivity index (χ4v) is 1.23. The molecule has 2 aromatic rings. The quantitative estimate of drug-likeness (QED) is 0.623. The summed E-state index contributed by atoms with van der Waals surface area (Å²) in [5, 5.41) is 22.9. The van der Waals surface area contributed by atoms with Crippen LogP contribution in [-0.4, -0.2) is 30.8 Å². The number of carboxylic acid groups (broad SMARTS) is 1. The number of rotatable bonds is 3. The van der Waals surface area contributed by atoms with E-state index in [1.165, 1.54) is 35.3 Å². The van der Waals surface area contributed by atoms with E-state index in [0.29, 0.717) is 5.69 Å². The van der Waals surface area contributed by atoms with Gasteiger partial charge in [-0.25, -0.2) is 9.78 Å². The van der Waals surface area contributed by atoms with Crippen molar-refractivity contribution in [2.75, 3.05) is 0 Å². The molecule has 0 amide bonds. The number of nitro groups is 1. The van der Waals surface area contributed by atoms with Crippen molar-refractivity contribution < 1.29 is 14.8 Å². The molecule has 0 aliphatic carbocycles. The van der Waals surface area contributed by atoms with Crippen LogP contribution in [0.1, 0.15) is 10.5 Å². The molecule has 2 rings (SSSR count). The van der Waals surface area contributed by atoms with E-state index in [4.69, 9.17) is 5.11 Å². The lowest BCUT2D eigenvalue weighted by molar-refractivity contribution is -0.389. The molecule has 1 N–H and O–H groups in total. The second kappa shape index (κ2) is 4.00. The highest BCUT2D eigenvalue weighted by Gasteiger charge is 2.13. The highest BCUT2D eigenvalue weighted by molar-refractivity contribution is 5.85. The van der Waals surface area contributed by atoms with E-state index in [1.807, 2.05) is 0 Å². The minimum absolute atomic E-state index is 0.152. The summed E-state index contributed by atoms with van der Waals surface area (Å²) in [5.74, 6) is -1.48. The van der Waals surface area contributed by atoms with Crippen molar-refractivity contribution in [3.63, 3.8) is 0 Å². The number of aromatic nitrogens is 3. The first kappa shape index (κ1) is 10.7. The first-order chi connectivity index (χ1) is 8.08. The number of carboxylic acids is 1. The first-order valence-corrected chi connectivity index (χ1v) is 4.48.